The van der Waals surface area contributed by atoms with Crippen LogP contribution in [-0.2, 0) is 5.75 Å². The first kappa shape index (κ1) is 17.1. The van der Waals surface area contributed by atoms with Crippen molar-refractivity contribution in [1.29, 1.82) is 0 Å². The van der Waals surface area contributed by atoms with Crippen LogP contribution in [0.2, 0.25) is 0 Å². The van der Waals surface area contributed by atoms with E-state index >= 15 is 0 Å². The van der Waals surface area contributed by atoms with Gasteiger partial charge in [-0.15, -0.1) is 0 Å². The van der Waals surface area contributed by atoms with Gasteiger partial charge in [0.25, 0.3) is 5.91 Å². The Labute approximate surface area is 126 Å². The van der Waals surface area contributed by atoms with Gasteiger partial charge >= 0.3 is 0 Å². The largest absolute Gasteiger partial charge is 0.396 e. The van der Waals surface area contributed by atoms with E-state index in [1.807, 2.05) is 44.4 Å². The highest BCUT2D eigenvalue weighted by Gasteiger charge is 2.25. The van der Waals surface area contributed by atoms with E-state index in [0.717, 1.165) is 24.2 Å². The van der Waals surface area contributed by atoms with Gasteiger partial charge in [-0.3, -0.25) is 4.79 Å². The molecule has 0 radical (unpaired) electrons. The third-order valence-electron chi connectivity index (χ3n) is 3.96. The zero-order chi connectivity index (χ0) is 15.0. The Morgan fingerprint density at radius 3 is 2.60 bits per heavy atom. The minimum atomic E-state index is -0.202. The normalized spacial score (nSPS) is 11.4. The van der Waals surface area contributed by atoms with Crippen molar-refractivity contribution in [3.05, 3.63) is 35.4 Å². The lowest BCUT2D eigenvalue weighted by Gasteiger charge is -2.29. The third kappa shape index (κ3) is 4.53. The molecule has 2 N–H and O–H groups in total. The standard InChI is InChI=1S/C16H25NO2S/c1-4-16(5-2,12-18)11-17-15(19)14-8-6-7-13(9-14)10-20-3/h6-9,18H,4-5,10-12H2,1-3H3,(H,17,19). The second kappa shape index (κ2) is 8.32. The number of benzene rings is 1. The maximum absolute atomic E-state index is 12.2. The van der Waals surface area contributed by atoms with Crippen LogP contribution in [0, 0.1) is 5.41 Å². The SMILES string of the molecule is CCC(CC)(CO)CNC(=O)c1cccc(CSC)c1. The van der Waals surface area contributed by atoms with Gasteiger partial charge in [-0.25, -0.2) is 0 Å². The fourth-order valence-electron chi connectivity index (χ4n) is 2.12. The second-order valence-electron chi connectivity index (χ2n) is 5.18. The Morgan fingerprint density at radius 1 is 1.35 bits per heavy atom. The Bertz CT molecular complexity index is 422. The highest BCUT2D eigenvalue weighted by molar-refractivity contribution is 7.97. The molecule has 20 heavy (non-hydrogen) atoms. The lowest BCUT2D eigenvalue weighted by Crippen LogP contribution is -2.39. The van der Waals surface area contributed by atoms with Crippen LogP contribution in [-0.4, -0.2) is 30.4 Å². The van der Waals surface area contributed by atoms with Gasteiger partial charge < -0.3 is 10.4 Å². The van der Waals surface area contributed by atoms with E-state index in [4.69, 9.17) is 0 Å². The molecule has 4 heteroatoms. The summed E-state index contributed by atoms with van der Waals surface area (Å²) in [7, 11) is 0. The summed E-state index contributed by atoms with van der Waals surface area (Å²) >= 11 is 1.74. The Balaban J connectivity index is 2.69. The summed E-state index contributed by atoms with van der Waals surface area (Å²) in [6.07, 6.45) is 3.75. The number of rotatable bonds is 8. The van der Waals surface area contributed by atoms with Crippen LogP contribution in [0.15, 0.2) is 24.3 Å². The van der Waals surface area contributed by atoms with Crippen molar-refractivity contribution in [3.8, 4) is 0 Å². The van der Waals surface area contributed by atoms with E-state index in [9.17, 15) is 9.90 Å². The van der Waals surface area contributed by atoms with E-state index in [1.165, 1.54) is 0 Å². The zero-order valence-corrected chi connectivity index (χ0v) is 13.4. The van der Waals surface area contributed by atoms with E-state index in [0.29, 0.717) is 12.1 Å². The first-order chi connectivity index (χ1) is 9.60. The molecule has 1 aromatic rings. The molecule has 0 saturated carbocycles. The van der Waals surface area contributed by atoms with E-state index in [1.54, 1.807) is 11.8 Å². The van der Waals surface area contributed by atoms with Crippen LogP contribution >= 0.6 is 11.8 Å². The van der Waals surface area contributed by atoms with Gasteiger partial charge in [0.2, 0.25) is 0 Å². The van der Waals surface area contributed by atoms with Gasteiger partial charge in [0.15, 0.2) is 0 Å². The molecule has 1 aromatic carbocycles. The number of amides is 1. The van der Waals surface area contributed by atoms with Gasteiger partial charge in [-0.1, -0.05) is 26.0 Å². The quantitative estimate of drug-likeness (QED) is 0.775. The second-order valence-corrected chi connectivity index (χ2v) is 6.05. The molecule has 0 fully saturated rings. The molecule has 0 aliphatic carbocycles. The summed E-state index contributed by atoms with van der Waals surface area (Å²) in [5.74, 6) is 0.846. The number of carbonyl (C=O) groups is 1. The summed E-state index contributed by atoms with van der Waals surface area (Å²) in [4.78, 5) is 12.2. The van der Waals surface area contributed by atoms with Gasteiger partial charge in [-0.2, -0.15) is 11.8 Å². The minimum absolute atomic E-state index is 0.0623. The lowest BCUT2D eigenvalue weighted by atomic mass is 9.83. The molecule has 0 heterocycles. The summed E-state index contributed by atoms with van der Waals surface area (Å²) in [6, 6.07) is 7.71. The highest BCUT2D eigenvalue weighted by Crippen LogP contribution is 2.24. The maximum Gasteiger partial charge on any atom is 0.251 e. The minimum Gasteiger partial charge on any atom is -0.396 e. The van der Waals surface area contributed by atoms with Gasteiger partial charge in [0.1, 0.15) is 0 Å². The summed E-state index contributed by atoms with van der Waals surface area (Å²) < 4.78 is 0. The van der Waals surface area contributed by atoms with Crippen molar-refractivity contribution in [2.75, 3.05) is 19.4 Å². The van der Waals surface area contributed by atoms with E-state index in [2.05, 4.69) is 5.32 Å². The molecule has 112 valence electrons. The van der Waals surface area contributed by atoms with Crippen molar-refractivity contribution in [2.24, 2.45) is 5.41 Å². The molecular weight excluding hydrogens is 270 g/mol. The smallest absolute Gasteiger partial charge is 0.251 e. The van der Waals surface area contributed by atoms with Crippen LogP contribution in [0.4, 0.5) is 0 Å². The topological polar surface area (TPSA) is 49.3 Å². The van der Waals surface area contributed by atoms with E-state index in [-0.39, 0.29) is 17.9 Å². The highest BCUT2D eigenvalue weighted by atomic mass is 32.2. The molecule has 0 unspecified atom stereocenters. The van der Waals surface area contributed by atoms with Gasteiger partial charge in [0.05, 0.1) is 6.61 Å². The van der Waals surface area contributed by atoms with Crippen LogP contribution in [0.25, 0.3) is 0 Å². The number of hydrogen-bond acceptors (Lipinski definition) is 3. The molecule has 1 amide bonds. The molecule has 0 saturated heterocycles. The predicted molar refractivity (Wildman–Crippen MR) is 86.1 cm³/mol. The predicted octanol–water partition coefficient (Wildman–Crippen LogP) is 3.08. The molecule has 0 spiro atoms. The molecule has 0 aromatic heterocycles. The molecule has 3 nitrogen and oxygen atoms in total. The summed E-state index contributed by atoms with van der Waals surface area (Å²) in [6.45, 7) is 4.71. The number of hydrogen-bond donors (Lipinski definition) is 2. The fraction of sp³-hybridized carbons (Fsp3) is 0.562. The molecule has 0 bridgehead atoms. The number of aliphatic hydroxyl groups excluding tert-OH is 1. The fourth-order valence-corrected chi connectivity index (χ4v) is 2.63. The monoisotopic (exact) mass is 295 g/mol. The van der Waals surface area contributed by atoms with Crippen molar-refractivity contribution in [1.82, 2.24) is 5.32 Å². The zero-order valence-electron chi connectivity index (χ0n) is 12.6. The van der Waals surface area contributed by atoms with Crippen molar-refractivity contribution >= 4 is 17.7 Å². The lowest BCUT2D eigenvalue weighted by molar-refractivity contribution is 0.0851. The van der Waals surface area contributed by atoms with Crippen LogP contribution in [0.3, 0.4) is 0 Å². The molecule has 0 atom stereocenters. The first-order valence-corrected chi connectivity index (χ1v) is 8.47. The number of carbonyl (C=O) groups excluding carboxylic acids is 1. The number of thioether (sulfide) groups is 1. The Morgan fingerprint density at radius 2 is 2.05 bits per heavy atom. The van der Waals surface area contributed by atoms with Crippen molar-refractivity contribution in [3.63, 3.8) is 0 Å². The van der Waals surface area contributed by atoms with Crippen molar-refractivity contribution in [2.45, 2.75) is 32.4 Å². The van der Waals surface area contributed by atoms with Crippen molar-refractivity contribution < 1.29 is 9.90 Å². The maximum atomic E-state index is 12.2. The summed E-state index contributed by atoms with van der Waals surface area (Å²) in [5, 5.41) is 12.5. The van der Waals surface area contributed by atoms with Gasteiger partial charge in [0, 0.05) is 23.3 Å². The van der Waals surface area contributed by atoms with Crippen LogP contribution in [0.1, 0.15) is 42.6 Å². The molecular formula is C16H25NO2S. The van der Waals surface area contributed by atoms with Crippen LogP contribution in [0.5, 0.6) is 0 Å². The molecule has 0 aliphatic rings. The first-order valence-electron chi connectivity index (χ1n) is 7.07. The van der Waals surface area contributed by atoms with Crippen LogP contribution < -0.4 is 5.32 Å². The molecule has 1 rings (SSSR count). The summed E-state index contributed by atoms with van der Waals surface area (Å²) in [5.41, 5.74) is 1.65. The number of aliphatic hydroxyl groups is 1. The Hall–Kier alpha value is -1.00. The number of nitrogens with one attached hydrogen (secondary N) is 1. The third-order valence-corrected chi connectivity index (χ3v) is 4.58. The van der Waals surface area contributed by atoms with E-state index < -0.39 is 0 Å². The average Bonchev–Trinajstić information content (AvgIpc) is 2.49. The molecule has 0 aliphatic heterocycles. The van der Waals surface area contributed by atoms with Gasteiger partial charge in [-0.05, 0) is 36.8 Å². The Kier molecular flexibility index (Phi) is 7.10. The average molecular weight is 295 g/mol.